The van der Waals surface area contributed by atoms with Crippen molar-refractivity contribution in [2.24, 2.45) is 4.99 Å². The normalized spacial score (nSPS) is 13.6. The maximum absolute atomic E-state index is 4.97. The highest BCUT2D eigenvalue weighted by molar-refractivity contribution is 7.10. The average molecular weight is 418 g/mol. The molecule has 0 saturated carbocycles. The fourth-order valence-corrected chi connectivity index (χ4v) is 4.84. The monoisotopic (exact) mass is 417 g/mol. The van der Waals surface area contributed by atoms with Crippen molar-refractivity contribution in [3.63, 3.8) is 0 Å². The zero-order valence-corrected chi connectivity index (χ0v) is 19.4. The van der Waals surface area contributed by atoms with Gasteiger partial charge in [0.1, 0.15) is 0 Å². The van der Waals surface area contributed by atoms with E-state index in [1.807, 2.05) is 13.4 Å². The van der Waals surface area contributed by atoms with Crippen LogP contribution in [0.3, 0.4) is 0 Å². The van der Waals surface area contributed by atoms with Gasteiger partial charge in [0.2, 0.25) is 0 Å². The Kier molecular flexibility index (Phi) is 6.33. The summed E-state index contributed by atoms with van der Waals surface area (Å²) in [5.74, 6) is 0. The summed E-state index contributed by atoms with van der Waals surface area (Å²) in [4.78, 5) is 11.7. The second-order valence-corrected chi connectivity index (χ2v) is 9.32. The molecule has 0 N–H and O–H groups in total. The third kappa shape index (κ3) is 4.65. The number of thiazole rings is 1. The van der Waals surface area contributed by atoms with Crippen molar-refractivity contribution in [1.82, 2.24) is 9.88 Å². The van der Waals surface area contributed by atoms with Gasteiger partial charge in [-0.1, -0.05) is 18.2 Å². The minimum atomic E-state index is 0.876. The van der Waals surface area contributed by atoms with Crippen LogP contribution in [0.15, 0.2) is 40.7 Å². The van der Waals surface area contributed by atoms with Gasteiger partial charge in [-0.25, -0.2) is 9.98 Å². The van der Waals surface area contributed by atoms with Gasteiger partial charge in [0.25, 0.3) is 0 Å². The van der Waals surface area contributed by atoms with E-state index in [1.54, 1.807) is 11.3 Å². The zero-order valence-electron chi connectivity index (χ0n) is 18.5. The summed E-state index contributed by atoms with van der Waals surface area (Å²) in [5, 5.41) is 3.38. The molecule has 0 radical (unpaired) electrons. The predicted octanol–water partition coefficient (Wildman–Crippen LogP) is 6.51. The van der Waals surface area contributed by atoms with Crippen LogP contribution in [0.25, 0.3) is 11.3 Å². The lowest BCUT2D eigenvalue weighted by Gasteiger charge is -2.16. The van der Waals surface area contributed by atoms with Crippen molar-refractivity contribution in [3.05, 3.63) is 68.5 Å². The summed E-state index contributed by atoms with van der Waals surface area (Å²) >= 11 is 1.77. The lowest BCUT2D eigenvalue weighted by molar-refractivity contribution is 0.552. The quantitative estimate of drug-likeness (QED) is 0.338. The van der Waals surface area contributed by atoms with E-state index in [0.29, 0.717) is 0 Å². The third-order valence-electron chi connectivity index (χ3n) is 6.08. The van der Waals surface area contributed by atoms with Gasteiger partial charge in [-0.05, 0) is 86.4 Å². The van der Waals surface area contributed by atoms with E-state index in [0.717, 1.165) is 24.3 Å². The average Bonchev–Trinajstić information content (AvgIpc) is 3.23. The van der Waals surface area contributed by atoms with Gasteiger partial charge in [0.05, 0.1) is 22.7 Å². The van der Waals surface area contributed by atoms with Crippen LogP contribution in [-0.2, 0) is 19.3 Å². The molecule has 4 rings (SSSR count). The summed E-state index contributed by atoms with van der Waals surface area (Å²) < 4.78 is 0. The Morgan fingerprint density at radius 3 is 2.67 bits per heavy atom. The lowest BCUT2D eigenvalue weighted by Crippen LogP contribution is -2.14. The van der Waals surface area contributed by atoms with Gasteiger partial charge < -0.3 is 4.90 Å². The Balaban J connectivity index is 1.52. The fraction of sp³-hybridized carbons (Fsp3) is 0.385. The van der Waals surface area contributed by atoms with E-state index in [4.69, 9.17) is 4.98 Å². The van der Waals surface area contributed by atoms with Crippen molar-refractivity contribution in [2.75, 3.05) is 13.6 Å². The summed E-state index contributed by atoms with van der Waals surface area (Å²) in [7, 11) is 2.04. The molecular formula is C26H31N3S. The molecule has 1 aromatic heterocycles. The number of aliphatic imine (C=N–C) groups is 1. The third-order valence-corrected chi connectivity index (χ3v) is 6.93. The Morgan fingerprint density at radius 1 is 1.07 bits per heavy atom. The molecule has 4 heteroatoms. The standard InChI is InChI=1S/C26H31N3S/c1-5-29(4)17-27-24-13-18(2)23(12-19(24)3)15-26-28-25(16-30-26)22-11-10-20-8-6-7-9-21(20)14-22/h10-14,16-17H,5-9,15H2,1-4H3/b27-17+. The van der Waals surface area contributed by atoms with E-state index >= 15 is 0 Å². The SMILES string of the molecule is CCN(C)/C=N/c1cc(C)c(Cc2nc(-c3ccc4c(c3)CCCC4)cs2)cc1C. The first-order chi connectivity index (χ1) is 14.5. The number of fused-ring (bicyclic) bond motifs is 1. The number of nitrogens with zero attached hydrogens (tertiary/aromatic N) is 3. The van der Waals surface area contributed by atoms with Crippen LogP contribution in [-0.4, -0.2) is 29.8 Å². The van der Waals surface area contributed by atoms with Gasteiger partial charge >= 0.3 is 0 Å². The highest BCUT2D eigenvalue weighted by Gasteiger charge is 2.13. The van der Waals surface area contributed by atoms with Crippen LogP contribution in [0.4, 0.5) is 5.69 Å². The van der Waals surface area contributed by atoms with Gasteiger partial charge in [-0.2, -0.15) is 0 Å². The number of hydrogen-bond donors (Lipinski definition) is 0. The number of rotatable bonds is 6. The van der Waals surface area contributed by atoms with Crippen LogP contribution in [0, 0.1) is 13.8 Å². The number of aromatic nitrogens is 1. The first kappa shape index (κ1) is 20.8. The molecule has 0 bridgehead atoms. The molecule has 1 aliphatic rings. The molecule has 0 amide bonds. The molecule has 0 spiro atoms. The van der Waals surface area contributed by atoms with E-state index in [1.165, 1.54) is 64.1 Å². The molecule has 156 valence electrons. The summed E-state index contributed by atoms with van der Waals surface area (Å²) in [5.41, 5.74) is 10.3. The van der Waals surface area contributed by atoms with Crippen molar-refractivity contribution >= 4 is 23.4 Å². The molecule has 0 fully saturated rings. The van der Waals surface area contributed by atoms with Crippen molar-refractivity contribution < 1.29 is 0 Å². The molecule has 0 aliphatic heterocycles. The molecule has 30 heavy (non-hydrogen) atoms. The first-order valence-electron chi connectivity index (χ1n) is 10.9. The summed E-state index contributed by atoms with van der Waals surface area (Å²) in [6.45, 7) is 7.40. The van der Waals surface area contributed by atoms with Gasteiger partial charge in [0.15, 0.2) is 0 Å². The molecule has 0 unspecified atom stereocenters. The van der Waals surface area contributed by atoms with Crippen molar-refractivity contribution in [2.45, 2.75) is 52.9 Å². The van der Waals surface area contributed by atoms with Crippen LogP contribution in [0.2, 0.25) is 0 Å². The van der Waals surface area contributed by atoms with Crippen LogP contribution >= 0.6 is 11.3 Å². The number of hydrogen-bond acceptors (Lipinski definition) is 3. The largest absolute Gasteiger partial charge is 0.366 e. The smallest absolute Gasteiger partial charge is 0.0976 e. The van der Waals surface area contributed by atoms with Crippen LogP contribution in [0.1, 0.15) is 52.6 Å². The maximum atomic E-state index is 4.97. The van der Waals surface area contributed by atoms with E-state index in [9.17, 15) is 0 Å². The van der Waals surface area contributed by atoms with Crippen LogP contribution in [0.5, 0.6) is 0 Å². The van der Waals surface area contributed by atoms with Crippen molar-refractivity contribution in [1.29, 1.82) is 0 Å². The summed E-state index contributed by atoms with van der Waals surface area (Å²) in [6, 6.07) is 11.4. The molecule has 1 aliphatic carbocycles. The van der Waals surface area contributed by atoms with Gasteiger partial charge in [-0.15, -0.1) is 11.3 Å². The molecular weight excluding hydrogens is 386 g/mol. The minimum Gasteiger partial charge on any atom is -0.366 e. The maximum Gasteiger partial charge on any atom is 0.0976 e. The molecule has 0 saturated heterocycles. The molecule has 1 heterocycles. The number of benzene rings is 2. The highest BCUT2D eigenvalue weighted by Crippen LogP contribution is 2.30. The fourth-order valence-electron chi connectivity index (χ4n) is 4.01. The highest BCUT2D eigenvalue weighted by atomic mass is 32.1. The molecule has 3 aromatic rings. The van der Waals surface area contributed by atoms with Gasteiger partial charge in [0, 0.05) is 31.0 Å². The first-order valence-corrected chi connectivity index (χ1v) is 11.8. The molecule has 0 atom stereocenters. The second kappa shape index (κ2) is 9.13. The Morgan fingerprint density at radius 2 is 1.87 bits per heavy atom. The Labute approximate surface area is 184 Å². The zero-order chi connectivity index (χ0) is 21.1. The van der Waals surface area contributed by atoms with Crippen molar-refractivity contribution in [3.8, 4) is 11.3 Å². The molecule has 2 aromatic carbocycles. The Hall–Kier alpha value is -2.46. The predicted molar refractivity (Wildman–Crippen MR) is 129 cm³/mol. The molecule has 3 nitrogen and oxygen atoms in total. The van der Waals surface area contributed by atoms with E-state index in [2.05, 4.69) is 66.4 Å². The minimum absolute atomic E-state index is 0.876. The summed E-state index contributed by atoms with van der Waals surface area (Å²) in [6.07, 6.45) is 7.86. The van der Waals surface area contributed by atoms with Crippen LogP contribution < -0.4 is 0 Å². The Bertz CT molecular complexity index is 1060. The second-order valence-electron chi connectivity index (χ2n) is 8.38. The topological polar surface area (TPSA) is 28.5 Å². The van der Waals surface area contributed by atoms with Gasteiger partial charge in [-0.3, -0.25) is 0 Å². The number of aryl methyl sites for hydroxylation is 4. The van der Waals surface area contributed by atoms with E-state index in [-0.39, 0.29) is 0 Å². The van der Waals surface area contributed by atoms with E-state index < -0.39 is 0 Å². The lowest BCUT2D eigenvalue weighted by atomic mass is 9.90.